The van der Waals surface area contributed by atoms with E-state index in [2.05, 4.69) is 26.3 Å². The van der Waals surface area contributed by atoms with Crippen LogP contribution in [0.3, 0.4) is 0 Å². The molecular weight excluding hydrogens is 456 g/mol. The van der Waals surface area contributed by atoms with Gasteiger partial charge in [0.15, 0.2) is 30.8 Å². The highest BCUT2D eigenvalue weighted by molar-refractivity contribution is 5.99. The van der Waals surface area contributed by atoms with Crippen molar-refractivity contribution >= 4 is 52.7 Å². The number of phenols is 2. The number of phenolic OH excluding ortho intramolecular Hbond substituents is 2. The van der Waals surface area contributed by atoms with Gasteiger partial charge in [0.2, 0.25) is 11.8 Å². The van der Waals surface area contributed by atoms with Crippen molar-refractivity contribution in [1.29, 1.82) is 0 Å². The summed E-state index contributed by atoms with van der Waals surface area (Å²) in [6.45, 7) is 2.13. The number of benzene rings is 2. The molecule has 1 heterocycles. The number of aromatic hydroxyl groups is 2. The molecule has 1 radical (unpaired) electrons. The fourth-order valence-electron chi connectivity index (χ4n) is 3.41. The van der Waals surface area contributed by atoms with Crippen LogP contribution in [-0.4, -0.2) is 57.8 Å². The van der Waals surface area contributed by atoms with Crippen molar-refractivity contribution in [1.82, 2.24) is 4.99 Å². The lowest BCUT2D eigenvalue weighted by Crippen LogP contribution is -2.50. The van der Waals surface area contributed by atoms with Gasteiger partial charge in [0, 0.05) is 13.8 Å². The molecule has 0 aromatic heterocycles. The van der Waals surface area contributed by atoms with Crippen LogP contribution in [-0.2, 0) is 19.2 Å². The standard InChI is InChI=1S/C23H24N6O6/c1-14(30)25-16-5-3-7-18(22(16)34)27-20(32)11-29(10-9-24-13-29)12-21(33)28-19-8-4-6-17(23(19)35)26-15(2)31/h3-10,13H,11-12H2,1-2H3,(H5-,25,26,27,28,30,31,32,33,34,35)/q+1/p+1. The first-order valence-corrected chi connectivity index (χ1v) is 10.5. The maximum atomic E-state index is 12.8. The molecular formula is C23H25N6O6+2. The van der Waals surface area contributed by atoms with Crippen molar-refractivity contribution in [2.24, 2.45) is 0 Å². The van der Waals surface area contributed by atoms with Crippen molar-refractivity contribution in [2.75, 3.05) is 34.4 Å². The molecule has 2 aromatic rings. The van der Waals surface area contributed by atoms with Crippen LogP contribution in [0.4, 0.5) is 22.7 Å². The minimum Gasteiger partial charge on any atom is -0.504 e. The van der Waals surface area contributed by atoms with Gasteiger partial charge >= 0.3 is 12.5 Å². The zero-order chi connectivity index (χ0) is 25.6. The van der Waals surface area contributed by atoms with Gasteiger partial charge in [-0.1, -0.05) is 12.1 Å². The maximum Gasteiger partial charge on any atom is 0.404 e. The van der Waals surface area contributed by atoms with Gasteiger partial charge in [-0.15, -0.1) is 0 Å². The number of nitrogens with one attached hydrogen (secondary N) is 4. The van der Waals surface area contributed by atoms with E-state index in [1.54, 1.807) is 18.3 Å². The average molecular weight is 481 g/mol. The Bertz CT molecular complexity index is 1140. The van der Waals surface area contributed by atoms with E-state index in [9.17, 15) is 29.4 Å². The summed E-state index contributed by atoms with van der Waals surface area (Å²) in [6.07, 6.45) is 4.42. The van der Waals surface area contributed by atoms with Crippen molar-refractivity contribution < 1.29 is 33.9 Å². The third kappa shape index (κ3) is 6.42. The van der Waals surface area contributed by atoms with Gasteiger partial charge in [-0.25, -0.2) is 0 Å². The SMILES string of the molecule is CC(=O)Nc1cccc(NC(=O)C[N+]2(CC(=O)Nc3cccc(NC(C)=O)c3O)C=C[N+]=C2)c1O. The highest BCUT2D eigenvalue weighted by atomic mass is 16.3. The van der Waals surface area contributed by atoms with Crippen LogP contribution in [0.5, 0.6) is 11.5 Å². The van der Waals surface area contributed by atoms with Gasteiger partial charge in [-0.2, -0.15) is 4.48 Å². The zero-order valence-electron chi connectivity index (χ0n) is 19.0. The predicted molar refractivity (Wildman–Crippen MR) is 129 cm³/mol. The average Bonchev–Trinajstić information content (AvgIpc) is 3.20. The molecule has 0 spiro atoms. The van der Waals surface area contributed by atoms with E-state index >= 15 is 0 Å². The number of carbonyl (C=O) groups is 4. The molecule has 0 saturated heterocycles. The number of quaternary nitrogens is 1. The van der Waals surface area contributed by atoms with Gasteiger partial charge in [0.25, 0.3) is 11.8 Å². The van der Waals surface area contributed by atoms with E-state index in [1.807, 2.05) is 0 Å². The second-order valence-corrected chi connectivity index (χ2v) is 7.84. The summed E-state index contributed by atoms with van der Waals surface area (Å²) < 4.78 is -0.254. The third-order valence-corrected chi connectivity index (χ3v) is 4.86. The molecule has 1 aliphatic heterocycles. The Morgan fingerprint density at radius 1 is 0.743 bits per heavy atom. The Kier molecular flexibility index (Phi) is 7.46. The van der Waals surface area contributed by atoms with Crippen LogP contribution in [0.15, 0.2) is 48.8 Å². The van der Waals surface area contributed by atoms with Crippen LogP contribution in [0.1, 0.15) is 13.8 Å². The number of anilines is 4. The molecule has 0 saturated carbocycles. The smallest absolute Gasteiger partial charge is 0.404 e. The fourth-order valence-corrected chi connectivity index (χ4v) is 3.41. The summed E-state index contributed by atoms with van der Waals surface area (Å²) >= 11 is 0. The minimum atomic E-state index is -0.526. The molecule has 0 bridgehead atoms. The summed E-state index contributed by atoms with van der Waals surface area (Å²) in [4.78, 5) is 52.1. The molecule has 0 fully saturated rings. The first-order chi connectivity index (χ1) is 16.6. The molecule has 12 heteroatoms. The predicted octanol–water partition coefficient (Wildman–Crippen LogP) is 1.26. The lowest BCUT2D eigenvalue weighted by atomic mass is 10.2. The van der Waals surface area contributed by atoms with Gasteiger partial charge in [-0.3, -0.25) is 19.2 Å². The Labute approximate surface area is 200 Å². The molecule has 12 nitrogen and oxygen atoms in total. The highest BCUT2D eigenvalue weighted by Crippen LogP contribution is 2.33. The van der Waals surface area contributed by atoms with Crippen LogP contribution >= 0.6 is 0 Å². The molecule has 0 unspecified atom stereocenters. The Morgan fingerprint density at radius 3 is 1.49 bits per heavy atom. The number of amides is 4. The Balaban J connectivity index is 1.70. The van der Waals surface area contributed by atoms with E-state index < -0.39 is 11.8 Å². The molecule has 35 heavy (non-hydrogen) atoms. The van der Waals surface area contributed by atoms with E-state index in [0.29, 0.717) is 0 Å². The number of nitrogens with zero attached hydrogens (tertiary/aromatic N) is 2. The normalized spacial score (nSPS) is 13.2. The van der Waals surface area contributed by atoms with Crippen molar-refractivity contribution in [3.05, 3.63) is 48.8 Å². The summed E-state index contributed by atoms with van der Waals surface area (Å²) in [5, 5.41) is 30.7. The van der Waals surface area contributed by atoms with Gasteiger partial charge < -0.3 is 31.5 Å². The van der Waals surface area contributed by atoms with Gasteiger partial charge in [0.05, 0.1) is 22.7 Å². The molecule has 0 atom stereocenters. The number of para-hydroxylation sites is 2. The third-order valence-electron chi connectivity index (χ3n) is 4.86. The highest BCUT2D eigenvalue weighted by Gasteiger charge is 2.38. The molecule has 3 rings (SSSR count). The quantitative estimate of drug-likeness (QED) is 0.245. The molecule has 0 aliphatic carbocycles. The first-order valence-electron chi connectivity index (χ1n) is 10.5. The lowest BCUT2D eigenvalue weighted by molar-refractivity contribution is -0.760. The van der Waals surface area contributed by atoms with Crippen molar-refractivity contribution in [3.63, 3.8) is 0 Å². The Hall–Kier alpha value is -4.71. The number of hydrogen-bond donors (Lipinski definition) is 6. The fraction of sp³-hybridized carbons (Fsp3) is 0.174. The van der Waals surface area contributed by atoms with E-state index in [4.69, 9.17) is 0 Å². The number of rotatable bonds is 8. The van der Waals surface area contributed by atoms with E-state index in [-0.39, 0.29) is 63.6 Å². The summed E-state index contributed by atoms with van der Waals surface area (Å²) in [5.74, 6) is -2.43. The zero-order valence-corrected chi connectivity index (χ0v) is 19.0. The second-order valence-electron chi connectivity index (χ2n) is 7.84. The van der Waals surface area contributed by atoms with Crippen LogP contribution in [0, 0.1) is 0 Å². The molecule has 2 aromatic carbocycles. The summed E-state index contributed by atoms with van der Waals surface area (Å²) in [7, 11) is 0. The van der Waals surface area contributed by atoms with Crippen molar-refractivity contribution in [2.45, 2.75) is 13.8 Å². The minimum absolute atomic E-state index is 0.0867. The number of hydrogen-bond acceptors (Lipinski definition) is 7. The summed E-state index contributed by atoms with van der Waals surface area (Å²) in [5.41, 5.74) is 0.456. The monoisotopic (exact) mass is 481 g/mol. The topological polar surface area (TPSA) is 171 Å². The van der Waals surface area contributed by atoms with E-state index in [1.165, 1.54) is 50.7 Å². The molecule has 1 aliphatic rings. The maximum absolute atomic E-state index is 12.8. The van der Waals surface area contributed by atoms with Crippen LogP contribution in [0.2, 0.25) is 0 Å². The van der Waals surface area contributed by atoms with Gasteiger partial charge in [-0.05, 0) is 24.3 Å². The first kappa shape index (κ1) is 24.9. The van der Waals surface area contributed by atoms with Gasteiger partial charge in [0.1, 0.15) is 4.99 Å². The number of carbonyl (C=O) groups excluding carboxylic acids is 4. The number of aliphatic imine (C=N–C) groups is 1. The lowest BCUT2D eigenvalue weighted by Gasteiger charge is -2.22. The van der Waals surface area contributed by atoms with Crippen LogP contribution in [0.25, 0.3) is 0 Å². The molecule has 6 N–H and O–H groups in total. The van der Waals surface area contributed by atoms with Crippen LogP contribution < -0.4 is 26.3 Å². The molecule has 181 valence electrons. The summed E-state index contributed by atoms with van der Waals surface area (Å²) in [6, 6.07) is 9.00. The second kappa shape index (κ2) is 10.5. The Morgan fingerprint density at radius 2 is 1.14 bits per heavy atom. The van der Waals surface area contributed by atoms with Crippen molar-refractivity contribution in [3.8, 4) is 11.5 Å². The molecule has 4 amide bonds. The van der Waals surface area contributed by atoms with E-state index in [0.717, 1.165) is 0 Å². The largest absolute Gasteiger partial charge is 0.504 e.